The molecule has 0 saturated carbocycles. The fourth-order valence-electron chi connectivity index (χ4n) is 4.39. The Morgan fingerprint density at radius 3 is 2.59 bits per heavy atom. The third kappa shape index (κ3) is 3.82. The minimum absolute atomic E-state index is 0.0474. The first-order valence-electron chi connectivity index (χ1n) is 10.0. The Labute approximate surface area is 175 Å². The van der Waals surface area contributed by atoms with Crippen molar-refractivity contribution in [3.8, 4) is 0 Å². The maximum absolute atomic E-state index is 13.1. The second kappa shape index (κ2) is 8.26. The number of aliphatic hydroxyl groups is 1. The fourth-order valence-corrected chi connectivity index (χ4v) is 4.51. The number of anilines is 1. The average Bonchev–Trinajstić information content (AvgIpc) is 3.04. The Morgan fingerprint density at radius 2 is 1.93 bits per heavy atom. The van der Waals surface area contributed by atoms with Gasteiger partial charge in [0.25, 0.3) is 0 Å². The summed E-state index contributed by atoms with van der Waals surface area (Å²) in [4.78, 5) is 25.9. The van der Waals surface area contributed by atoms with Gasteiger partial charge in [-0.05, 0) is 30.0 Å². The van der Waals surface area contributed by atoms with Crippen LogP contribution in [0.4, 0.5) is 5.82 Å². The van der Waals surface area contributed by atoms with Crippen LogP contribution < -0.4 is 10.6 Å². The van der Waals surface area contributed by atoms with Crippen LogP contribution in [0.15, 0.2) is 30.6 Å². The minimum atomic E-state index is -0.519. The van der Waals surface area contributed by atoms with Gasteiger partial charge in [-0.3, -0.25) is 4.79 Å². The van der Waals surface area contributed by atoms with Crippen LogP contribution in [-0.4, -0.2) is 58.6 Å². The summed E-state index contributed by atoms with van der Waals surface area (Å²) in [6.45, 7) is 4.96. The molecule has 1 amide bonds. The number of nitrogens with two attached hydrogens (primary N) is 1. The molecule has 4 rings (SSSR count). The standard InChI is InChI=1S/C21H26ClN5O2/c1-13-10-17(28)19-18(13)20(25-12-24-19)26-6-8-27(9-7-26)21(29)16(11-23)14-2-4-15(22)5-3-14/h2-5,12-13,16-17,28H,6-11,23H2,1H3/t13-,16-,17-/m1/s1. The second-order valence-corrected chi connectivity index (χ2v) is 8.24. The number of rotatable bonds is 4. The van der Waals surface area contributed by atoms with Crippen molar-refractivity contribution < 1.29 is 9.90 Å². The van der Waals surface area contributed by atoms with Gasteiger partial charge in [0, 0.05) is 43.3 Å². The third-order valence-electron chi connectivity index (χ3n) is 5.98. The molecule has 3 N–H and O–H groups in total. The number of carbonyl (C=O) groups excluding carboxylic acids is 1. The van der Waals surface area contributed by atoms with Crippen LogP contribution in [0, 0.1) is 0 Å². The number of piperazine rings is 1. The van der Waals surface area contributed by atoms with Crippen LogP contribution >= 0.6 is 11.6 Å². The van der Waals surface area contributed by atoms with E-state index in [9.17, 15) is 9.90 Å². The monoisotopic (exact) mass is 415 g/mol. The highest BCUT2D eigenvalue weighted by molar-refractivity contribution is 6.30. The van der Waals surface area contributed by atoms with Crippen molar-refractivity contribution in [3.63, 3.8) is 0 Å². The molecule has 2 aromatic rings. The molecule has 0 radical (unpaired) electrons. The summed E-state index contributed by atoms with van der Waals surface area (Å²) in [6, 6.07) is 7.31. The zero-order chi connectivity index (χ0) is 20.5. The molecule has 2 aliphatic rings. The highest BCUT2D eigenvalue weighted by Crippen LogP contribution is 2.42. The van der Waals surface area contributed by atoms with Crippen molar-refractivity contribution in [2.24, 2.45) is 5.73 Å². The predicted octanol–water partition coefficient (Wildman–Crippen LogP) is 2.06. The lowest BCUT2D eigenvalue weighted by atomic mass is 9.97. The summed E-state index contributed by atoms with van der Waals surface area (Å²) >= 11 is 5.96. The Kier molecular flexibility index (Phi) is 5.72. The lowest BCUT2D eigenvalue weighted by molar-refractivity contribution is -0.132. The topological polar surface area (TPSA) is 95.6 Å². The van der Waals surface area contributed by atoms with Gasteiger partial charge in [-0.1, -0.05) is 30.7 Å². The first kappa shape index (κ1) is 20.1. The summed E-state index contributed by atoms with van der Waals surface area (Å²) in [7, 11) is 0. The lowest BCUT2D eigenvalue weighted by Gasteiger charge is -2.37. The van der Waals surface area contributed by atoms with Gasteiger partial charge in [0.15, 0.2) is 0 Å². The number of aliphatic hydroxyl groups excluding tert-OH is 1. The Hall–Kier alpha value is -2.22. The van der Waals surface area contributed by atoms with Crippen molar-refractivity contribution in [2.45, 2.75) is 31.3 Å². The molecule has 0 unspecified atom stereocenters. The summed E-state index contributed by atoms with van der Waals surface area (Å²) in [5.41, 5.74) is 8.60. The van der Waals surface area contributed by atoms with Gasteiger partial charge in [-0.25, -0.2) is 9.97 Å². The Morgan fingerprint density at radius 1 is 1.24 bits per heavy atom. The molecule has 1 aromatic heterocycles. The smallest absolute Gasteiger partial charge is 0.231 e. The SMILES string of the molecule is C[C@@H]1C[C@@H](O)c2ncnc(N3CCN(C(=O)[C@H](CN)c4ccc(Cl)cc4)CC3)c21. The first-order valence-corrected chi connectivity index (χ1v) is 10.4. The van der Waals surface area contributed by atoms with Crippen molar-refractivity contribution in [1.29, 1.82) is 0 Å². The highest BCUT2D eigenvalue weighted by Gasteiger charge is 2.34. The number of carbonyl (C=O) groups is 1. The number of halogens is 1. The molecule has 0 bridgehead atoms. The van der Waals surface area contributed by atoms with E-state index in [1.165, 1.54) is 6.33 Å². The number of aromatic nitrogens is 2. The van der Waals surface area contributed by atoms with Gasteiger partial charge in [-0.15, -0.1) is 0 Å². The molecule has 154 valence electrons. The van der Waals surface area contributed by atoms with Gasteiger partial charge in [0.05, 0.1) is 17.7 Å². The zero-order valence-electron chi connectivity index (χ0n) is 16.5. The molecule has 1 aliphatic carbocycles. The van der Waals surface area contributed by atoms with Crippen LogP contribution in [0.2, 0.25) is 5.02 Å². The molecule has 3 atom stereocenters. The Balaban J connectivity index is 1.46. The zero-order valence-corrected chi connectivity index (χ0v) is 17.2. The number of benzene rings is 1. The van der Waals surface area contributed by atoms with E-state index < -0.39 is 6.10 Å². The van der Waals surface area contributed by atoms with Crippen LogP contribution in [-0.2, 0) is 4.79 Å². The van der Waals surface area contributed by atoms with E-state index in [1.54, 1.807) is 12.1 Å². The summed E-state index contributed by atoms with van der Waals surface area (Å²) in [6.07, 6.45) is 1.69. The first-order chi connectivity index (χ1) is 14.0. The molecular formula is C21H26ClN5O2. The molecular weight excluding hydrogens is 390 g/mol. The van der Waals surface area contributed by atoms with E-state index in [4.69, 9.17) is 17.3 Å². The van der Waals surface area contributed by atoms with Gasteiger partial charge >= 0.3 is 0 Å². The van der Waals surface area contributed by atoms with Crippen LogP contribution in [0.1, 0.15) is 48.1 Å². The van der Waals surface area contributed by atoms with E-state index in [1.807, 2.05) is 17.0 Å². The number of amides is 1. The molecule has 0 spiro atoms. The number of nitrogens with zero attached hydrogens (tertiary/aromatic N) is 4. The van der Waals surface area contributed by atoms with E-state index >= 15 is 0 Å². The number of hydrogen-bond acceptors (Lipinski definition) is 6. The van der Waals surface area contributed by atoms with Gasteiger partial charge in [-0.2, -0.15) is 0 Å². The van der Waals surface area contributed by atoms with Gasteiger partial charge in [0.2, 0.25) is 5.91 Å². The van der Waals surface area contributed by atoms with E-state index in [0.29, 0.717) is 37.6 Å². The maximum atomic E-state index is 13.1. The molecule has 1 fully saturated rings. The molecule has 1 aliphatic heterocycles. The van der Waals surface area contributed by atoms with Gasteiger partial charge in [0.1, 0.15) is 12.1 Å². The van der Waals surface area contributed by atoms with Gasteiger partial charge < -0.3 is 20.6 Å². The quantitative estimate of drug-likeness (QED) is 0.793. The molecule has 7 nitrogen and oxygen atoms in total. The van der Waals surface area contributed by atoms with Crippen LogP contribution in [0.25, 0.3) is 0 Å². The number of fused-ring (bicyclic) bond motifs is 1. The third-order valence-corrected chi connectivity index (χ3v) is 6.23. The van der Waals surface area contributed by atoms with Crippen LogP contribution in [0.5, 0.6) is 0 Å². The lowest BCUT2D eigenvalue weighted by Crippen LogP contribution is -2.51. The predicted molar refractivity (Wildman–Crippen MR) is 112 cm³/mol. The average molecular weight is 416 g/mol. The van der Waals surface area contributed by atoms with E-state index in [2.05, 4.69) is 21.8 Å². The second-order valence-electron chi connectivity index (χ2n) is 7.80. The normalized spacial score (nSPS) is 22.5. The fraction of sp³-hybridized carbons (Fsp3) is 0.476. The van der Waals surface area contributed by atoms with Crippen molar-refractivity contribution >= 4 is 23.3 Å². The number of hydrogen-bond donors (Lipinski definition) is 2. The molecule has 1 saturated heterocycles. The molecule has 1 aromatic carbocycles. The highest BCUT2D eigenvalue weighted by atomic mass is 35.5. The minimum Gasteiger partial charge on any atom is -0.387 e. The molecule has 8 heteroatoms. The maximum Gasteiger partial charge on any atom is 0.231 e. The van der Waals surface area contributed by atoms with E-state index in [0.717, 1.165) is 22.6 Å². The van der Waals surface area contributed by atoms with Crippen molar-refractivity contribution in [1.82, 2.24) is 14.9 Å². The van der Waals surface area contributed by atoms with E-state index in [-0.39, 0.29) is 24.3 Å². The van der Waals surface area contributed by atoms with Crippen molar-refractivity contribution in [2.75, 3.05) is 37.6 Å². The Bertz CT molecular complexity index is 883. The van der Waals surface area contributed by atoms with Crippen molar-refractivity contribution in [3.05, 3.63) is 52.4 Å². The summed E-state index contributed by atoms with van der Waals surface area (Å²) in [5, 5.41) is 10.9. The largest absolute Gasteiger partial charge is 0.387 e. The molecule has 2 heterocycles. The molecule has 29 heavy (non-hydrogen) atoms. The van der Waals surface area contributed by atoms with Crippen LogP contribution in [0.3, 0.4) is 0 Å². The summed E-state index contributed by atoms with van der Waals surface area (Å²) in [5.74, 6) is 0.796. The summed E-state index contributed by atoms with van der Waals surface area (Å²) < 4.78 is 0.